The van der Waals surface area contributed by atoms with Crippen molar-refractivity contribution < 1.29 is 33.6 Å². The lowest BCUT2D eigenvalue weighted by Gasteiger charge is -2.30. The first kappa shape index (κ1) is 34.0. The third-order valence-electron chi connectivity index (χ3n) is 7.91. The standard InChI is InChI=1S/C38H41N3O7/c1-44-32-14-7-13-30(25-32)35-38(21-8-12-27-10-5-4-6-11-27,37(43)41-39-26-28-15-20-33(45-2)34(24-28)46-3)40-36(48-35)29-16-18-31(19-17-29)47-23-9-22-42/h4-8,10-20,24-25,35,39,42H,9,21-23,26H2,1-3H3,(H,41,43)/b12-8+/t35-,38-/m0/s1. The molecule has 4 aromatic rings. The summed E-state index contributed by atoms with van der Waals surface area (Å²) in [5, 5.41) is 9.08. The topological polar surface area (TPSA) is 120 Å². The molecule has 0 fully saturated rings. The smallest absolute Gasteiger partial charge is 0.266 e. The van der Waals surface area contributed by atoms with Gasteiger partial charge in [-0.2, -0.15) is 0 Å². The van der Waals surface area contributed by atoms with Crippen molar-refractivity contribution in [3.05, 3.63) is 125 Å². The van der Waals surface area contributed by atoms with Gasteiger partial charge in [0, 0.05) is 31.6 Å². The molecule has 1 aliphatic heterocycles. The largest absolute Gasteiger partial charge is 0.497 e. The maximum Gasteiger partial charge on any atom is 0.266 e. The van der Waals surface area contributed by atoms with E-state index in [2.05, 4.69) is 10.9 Å². The van der Waals surface area contributed by atoms with Crippen LogP contribution in [0.4, 0.5) is 0 Å². The summed E-state index contributed by atoms with van der Waals surface area (Å²) >= 11 is 0. The second-order valence-electron chi connectivity index (χ2n) is 11.1. The number of hydrogen-bond donors (Lipinski definition) is 3. The lowest BCUT2D eigenvalue weighted by molar-refractivity contribution is -0.129. The number of methoxy groups -OCH3 is 3. The first-order chi connectivity index (χ1) is 23.5. The minimum atomic E-state index is -1.39. The molecule has 3 N–H and O–H groups in total. The molecule has 2 atom stereocenters. The Morgan fingerprint density at radius 2 is 1.69 bits per heavy atom. The van der Waals surface area contributed by atoms with Crippen molar-refractivity contribution in [3.63, 3.8) is 0 Å². The van der Waals surface area contributed by atoms with E-state index in [-0.39, 0.29) is 18.9 Å². The number of amides is 1. The van der Waals surface area contributed by atoms with E-state index in [0.29, 0.717) is 54.0 Å². The van der Waals surface area contributed by atoms with Crippen LogP contribution in [0.2, 0.25) is 0 Å². The number of hydrogen-bond acceptors (Lipinski definition) is 9. The van der Waals surface area contributed by atoms with Gasteiger partial charge in [0.25, 0.3) is 5.91 Å². The highest BCUT2D eigenvalue weighted by Crippen LogP contribution is 2.43. The molecule has 0 aliphatic carbocycles. The van der Waals surface area contributed by atoms with Crippen LogP contribution < -0.4 is 29.8 Å². The molecular weight excluding hydrogens is 610 g/mol. The number of aliphatic hydroxyl groups is 1. The molecule has 0 saturated heterocycles. The number of nitrogens with one attached hydrogen (secondary N) is 2. The first-order valence-corrected chi connectivity index (χ1v) is 15.7. The van der Waals surface area contributed by atoms with E-state index in [1.54, 1.807) is 21.3 Å². The summed E-state index contributed by atoms with van der Waals surface area (Å²) in [5.41, 5.74) is 7.90. The van der Waals surface area contributed by atoms with Gasteiger partial charge in [-0.3, -0.25) is 10.2 Å². The van der Waals surface area contributed by atoms with Crippen molar-refractivity contribution in [1.29, 1.82) is 0 Å². The number of nitrogens with zero attached hydrogens (tertiary/aromatic N) is 1. The molecule has 4 aromatic carbocycles. The fourth-order valence-electron chi connectivity index (χ4n) is 5.38. The molecule has 48 heavy (non-hydrogen) atoms. The van der Waals surface area contributed by atoms with Crippen LogP contribution in [0, 0.1) is 0 Å². The number of rotatable bonds is 16. The molecule has 10 nitrogen and oxygen atoms in total. The molecule has 0 bridgehead atoms. The molecule has 0 aromatic heterocycles. The molecule has 0 unspecified atom stereocenters. The van der Waals surface area contributed by atoms with Crippen molar-refractivity contribution >= 4 is 17.9 Å². The number of benzene rings is 4. The van der Waals surface area contributed by atoms with E-state index in [1.807, 2.05) is 109 Å². The number of carbonyl (C=O) groups is 1. The summed E-state index contributed by atoms with van der Waals surface area (Å²) in [6.45, 7) is 0.778. The van der Waals surface area contributed by atoms with E-state index < -0.39 is 11.6 Å². The Hall–Kier alpha value is -5.32. The van der Waals surface area contributed by atoms with E-state index in [4.69, 9.17) is 33.8 Å². The highest BCUT2D eigenvalue weighted by molar-refractivity contribution is 6.01. The van der Waals surface area contributed by atoms with Gasteiger partial charge in [-0.15, -0.1) is 0 Å². The molecular formula is C38H41N3O7. The van der Waals surface area contributed by atoms with Gasteiger partial charge in [0.1, 0.15) is 11.5 Å². The Morgan fingerprint density at radius 1 is 0.896 bits per heavy atom. The summed E-state index contributed by atoms with van der Waals surface area (Å²) in [6.07, 6.45) is 3.91. The summed E-state index contributed by atoms with van der Waals surface area (Å²) in [7, 11) is 4.76. The molecule has 0 spiro atoms. The highest BCUT2D eigenvalue weighted by Gasteiger charge is 2.52. The van der Waals surface area contributed by atoms with Gasteiger partial charge < -0.3 is 28.8 Å². The van der Waals surface area contributed by atoms with Crippen molar-refractivity contribution in [2.75, 3.05) is 34.5 Å². The SMILES string of the molecule is COc1cccc([C@@H]2OC(c3ccc(OCCCO)cc3)=N[C@]2(C/C=C/c2ccccc2)C(=O)NNCc2ccc(OC)c(OC)c2)c1. The number of aliphatic hydroxyl groups excluding tert-OH is 1. The summed E-state index contributed by atoms with van der Waals surface area (Å²) in [4.78, 5) is 19.5. The van der Waals surface area contributed by atoms with Crippen molar-refractivity contribution in [1.82, 2.24) is 10.9 Å². The maximum absolute atomic E-state index is 14.4. The lowest BCUT2D eigenvalue weighted by atomic mass is 9.84. The molecule has 5 rings (SSSR count). The van der Waals surface area contributed by atoms with Gasteiger partial charge in [-0.05, 0) is 65.2 Å². The predicted octanol–water partition coefficient (Wildman–Crippen LogP) is 5.66. The molecule has 1 aliphatic rings. The van der Waals surface area contributed by atoms with Crippen molar-refractivity contribution in [3.8, 4) is 23.0 Å². The Bertz CT molecular complexity index is 1710. The van der Waals surface area contributed by atoms with Gasteiger partial charge in [-0.25, -0.2) is 10.4 Å². The number of aliphatic imine (C=N–C) groups is 1. The summed E-state index contributed by atoms with van der Waals surface area (Å²) < 4.78 is 28.6. The van der Waals surface area contributed by atoms with Crippen LogP contribution in [0.25, 0.3) is 6.08 Å². The number of hydrazine groups is 1. The van der Waals surface area contributed by atoms with Crippen LogP contribution in [0.3, 0.4) is 0 Å². The van der Waals surface area contributed by atoms with Crippen LogP contribution in [0.5, 0.6) is 23.0 Å². The minimum absolute atomic E-state index is 0.0560. The van der Waals surface area contributed by atoms with E-state index in [0.717, 1.165) is 16.7 Å². The lowest BCUT2D eigenvalue weighted by Crippen LogP contribution is -2.52. The second kappa shape index (κ2) is 16.5. The van der Waals surface area contributed by atoms with E-state index in [9.17, 15) is 4.79 Å². The molecule has 10 heteroatoms. The number of carbonyl (C=O) groups excluding carboxylic acids is 1. The molecule has 250 valence electrons. The minimum Gasteiger partial charge on any atom is -0.497 e. The van der Waals surface area contributed by atoms with E-state index >= 15 is 0 Å². The number of ether oxygens (including phenoxy) is 5. The Morgan fingerprint density at radius 3 is 2.42 bits per heavy atom. The highest BCUT2D eigenvalue weighted by atomic mass is 16.5. The van der Waals surface area contributed by atoms with Crippen LogP contribution >= 0.6 is 0 Å². The van der Waals surface area contributed by atoms with E-state index in [1.165, 1.54) is 0 Å². The average molecular weight is 652 g/mol. The van der Waals surface area contributed by atoms with Gasteiger partial charge in [0.15, 0.2) is 23.1 Å². The molecule has 1 heterocycles. The first-order valence-electron chi connectivity index (χ1n) is 15.7. The second-order valence-corrected chi connectivity index (χ2v) is 11.1. The van der Waals surface area contributed by atoms with Gasteiger partial charge in [0.05, 0.1) is 27.9 Å². The monoisotopic (exact) mass is 651 g/mol. The Kier molecular flexibility index (Phi) is 11.7. The Balaban J connectivity index is 1.49. The van der Waals surface area contributed by atoms with Gasteiger partial charge >= 0.3 is 0 Å². The third kappa shape index (κ3) is 8.14. The fourth-order valence-corrected chi connectivity index (χ4v) is 5.38. The van der Waals surface area contributed by atoms with Crippen LogP contribution in [0.1, 0.15) is 41.2 Å². The van der Waals surface area contributed by atoms with Gasteiger partial charge in [0.2, 0.25) is 5.90 Å². The molecule has 1 amide bonds. The van der Waals surface area contributed by atoms with Crippen LogP contribution in [0.15, 0.2) is 108 Å². The van der Waals surface area contributed by atoms with Crippen molar-refractivity contribution in [2.24, 2.45) is 4.99 Å². The third-order valence-corrected chi connectivity index (χ3v) is 7.91. The zero-order chi connectivity index (χ0) is 33.8. The molecule has 0 radical (unpaired) electrons. The maximum atomic E-state index is 14.4. The zero-order valence-corrected chi connectivity index (χ0v) is 27.3. The zero-order valence-electron chi connectivity index (χ0n) is 27.3. The normalized spacial score (nSPS) is 17.0. The summed E-state index contributed by atoms with van der Waals surface area (Å²) in [6, 6.07) is 30.2. The van der Waals surface area contributed by atoms with Gasteiger partial charge in [-0.1, -0.05) is 60.7 Å². The van der Waals surface area contributed by atoms with Crippen LogP contribution in [-0.4, -0.2) is 57.0 Å². The fraction of sp³-hybridized carbons (Fsp3) is 0.263. The quantitative estimate of drug-likeness (QED) is 0.105. The van der Waals surface area contributed by atoms with Crippen LogP contribution in [-0.2, 0) is 16.1 Å². The molecule has 0 saturated carbocycles. The van der Waals surface area contributed by atoms with Crippen molar-refractivity contribution in [2.45, 2.75) is 31.0 Å². The predicted molar refractivity (Wildman–Crippen MR) is 184 cm³/mol. The Labute approximate surface area is 281 Å². The summed E-state index contributed by atoms with van der Waals surface area (Å²) in [5.74, 6) is 2.46. The average Bonchev–Trinajstić information content (AvgIpc) is 3.53.